The number of carbonyl (C=O) groups excluding carboxylic acids is 1. The lowest BCUT2D eigenvalue weighted by atomic mass is 10.1. The first-order chi connectivity index (χ1) is 13.6. The molecule has 152 valence electrons. The normalized spacial score (nSPS) is 12.1. The van der Waals surface area contributed by atoms with E-state index in [0.29, 0.717) is 12.0 Å². The zero-order valence-electron chi connectivity index (χ0n) is 14.3. The second-order valence-electron chi connectivity index (χ2n) is 5.88. The number of alkyl halides is 6. The van der Waals surface area contributed by atoms with E-state index in [0.717, 1.165) is 12.1 Å². The lowest BCUT2D eigenvalue weighted by molar-refractivity contribution is -0.157. The summed E-state index contributed by atoms with van der Waals surface area (Å²) in [5.74, 6) is -1.79. The minimum Gasteiger partial charge on any atom is -0.413 e. The molecule has 0 N–H and O–H groups in total. The number of hydrogen-bond donors (Lipinski definition) is 0. The summed E-state index contributed by atoms with van der Waals surface area (Å²) < 4.78 is 80.0. The molecule has 0 aliphatic heterocycles. The van der Waals surface area contributed by atoms with Crippen molar-refractivity contribution in [2.24, 2.45) is 0 Å². The first-order valence-electron chi connectivity index (χ1n) is 7.97. The van der Waals surface area contributed by atoms with E-state index in [2.05, 4.69) is 14.6 Å². The van der Waals surface area contributed by atoms with Gasteiger partial charge < -0.3 is 9.32 Å². The van der Waals surface area contributed by atoms with Gasteiger partial charge >= 0.3 is 18.2 Å². The predicted octanol–water partition coefficient (Wildman–Crippen LogP) is 4.94. The summed E-state index contributed by atoms with van der Waals surface area (Å²) in [5.41, 5.74) is 0.235. The standard InChI is InChI=1S/C18H11F6N3O2/c19-17(20,21)13-5-7-14(8-6-13)27(10-28)9-11-1-3-12(4-2-11)15-25-26-16(29-15)18(22,23)24/h1-8,10H,9H2. The average Bonchev–Trinajstić information content (AvgIpc) is 3.17. The summed E-state index contributed by atoms with van der Waals surface area (Å²) in [6.07, 6.45) is -8.78. The zero-order chi connectivity index (χ0) is 21.2. The van der Waals surface area contributed by atoms with Gasteiger partial charge in [-0.25, -0.2) is 0 Å². The third kappa shape index (κ3) is 4.73. The smallest absolute Gasteiger partial charge is 0.413 e. The molecule has 0 atom stereocenters. The number of halogens is 6. The molecular formula is C18H11F6N3O2. The summed E-state index contributed by atoms with van der Waals surface area (Å²) in [6.45, 7) is 0.0345. The number of amides is 1. The molecular weight excluding hydrogens is 404 g/mol. The summed E-state index contributed by atoms with van der Waals surface area (Å²) in [7, 11) is 0. The van der Waals surface area contributed by atoms with E-state index in [1.807, 2.05) is 0 Å². The molecule has 0 aliphatic carbocycles. The molecule has 0 bridgehead atoms. The van der Waals surface area contributed by atoms with Crippen LogP contribution in [0.1, 0.15) is 17.0 Å². The number of anilines is 1. The molecule has 1 heterocycles. The SMILES string of the molecule is O=CN(Cc1ccc(-c2nnc(C(F)(F)F)o2)cc1)c1ccc(C(F)(F)F)cc1. The Hall–Kier alpha value is -3.37. The third-order valence-corrected chi connectivity index (χ3v) is 3.87. The highest BCUT2D eigenvalue weighted by Crippen LogP contribution is 2.32. The van der Waals surface area contributed by atoms with Crippen molar-refractivity contribution in [1.82, 2.24) is 10.2 Å². The molecule has 0 saturated heterocycles. The zero-order valence-corrected chi connectivity index (χ0v) is 14.3. The van der Waals surface area contributed by atoms with Crippen LogP contribution in [0.4, 0.5) is 32.0 Å². The molecule has 5 nitrogen and oxygen atoms in total. The average molecular weight is 415 g/mol. The van der Waals surface area contributed by atoms with Gasteiger partial charge in [-0.1, -0.05) is 12.1 Å². The largest absolute Gasteiger partial charge is 0.470 e. The Morgan fingerprint density at radius 3 is 1.97 bits per heavy atom. The molecule has 0 saturated carbocycles. The van der Waals surface area contributed by atoms with Gasteiger partial charge in [0.2, 0.25) is 12.3 Å². The Labute approximate surface area is 159 Å². The van der Waals surface area contributed by atoms with Gasteiger partial charge in [-0.15, -0.1) is 10.2 Å². The van der Waals surface area contributed by atoms with Crippen LogP contribution in [-0.2, 0) is 23.7 Å². The van der Waals surface area contributed by atoms with Crippen molar-refractivity contribution < 1.29 is 35.6 Å². The maximum atomic E-state index is 12.6. The molecule has 1 aromatic heterocycles. The molecule has 2 aromatic carbocycles. The van der Waals surface area contributed by atoms with Gasteiger partial charge in [0.05, 0.1) is 12.1 Å². The maximum Gasteiger partial charge on any atom is 0.470 e. The van der Waals surface area contributed by atoms with Crippen LogP contribution in [0.25, 0.3) is 11.5 Å². The highest BCUT2D eigenvalue weighted by molar-refractivity contribution is 5.75. The van der Waals surface area contributed by atoms with Crippen LogP contribution in [0, 0.1) is 0 Å². The van der Waals surface area contributed by atoms with Gasteiger partial charge in [0, 0.05) is 11.3 Å². The Balaban J connectivity index is 1.74. The van der Waals surface area contributed by atoms with Crippen molar-refractivity contribution >= 4 is 12.1 Å². The van der Waals surface area contributed by atoms with Crippen LogP contribution in [0.5, 0.6) is 0 Å². The van der Waals surface area contributed by atoms with Crippen LogP contribution in [0.3, 0.4) is 0 Å². The van der Waals surface area contributed by atoms with Crippen molar-refractivity contribution in [1.29, 1.82) is 0 Å². The molecule has 0 aliphatic rings. The first kappa shape index (κ1) is 20.4. The summed E-state index contributed by atoms with van der Waals surface area (Å²) in [4.78, 5) is 12.5. The van der Waals surface area contributed by atoms with Crippen LogP contribution < -0.4 is 4.90 Å². The summed E-state index contributed by atoms with van der Waals surface area (Å²) in [6, 6.07) is 9.97. The molecule has 0 spiro atoms. The van der Waals surface area contributed by atoms with Crippen molar-refractivity contribution in [3.05, 3.63) is 65.5 Å². The molecule has 3 rings (SSSR count). The highest BCUT2D eigenvalue weighted by Gasteiger charge is 2.38. The molecule has 1 amide bonds. The Bertz CT molecular complexity index is 979. The van der Waals surface area contributed by atoms with E-state index in [9.17, 15) is 31.1 Å². The van der Waals surface area contributed by atoms with Crippen molar-refractivity contribution in [3.8, 4) is 11.5 Å². The van der Waals surface area contributed by atoms with E-state index >= 15 is 0 Å². The van der Waals surface area contributed by atoms with Gasteiger partial charge in [-0.3, -0.25) is 4.79 Å². The third-order valence-electron chi connectivity index (χ3n) is 3.87. The quantitative estimate of drug-likeness (QED) is 0.438. The molecule has 11 heteroatoms. The Morgan fingerprint density at radius 2 is 1.48 bits per heavy atom. The van der Waals surface area contributed by atoms with Crippen molar-refractivity contribution in [3.63, 3.8) is 0 Å². The number of benzene rings is 2. The number of nitrogens with zero attached hydrogens (tertiary/aromatic N) is 3. The van der Waals surface area contributed by atoms with Crippen LogP contribution in [-0.4, -0.2) is 16.6 Å². The van der Waals surface area contributed by atoms with Gasteiger partial charge in [-0.05, 0) is 42.0 Å². The minimum atomic E-state index is -4.75. The van der Waals surface area contributed by atoms with Gasteiger partial charge in [0.25, 0.3) is 0 Å². The van der Waals surface area contributed by atoms with Gasteiger partial charge in [-0.2, -0.15) is 26.3 Å². The fourth-order valence-electron chi connectivity index (χ4n) is 2.44. The minimum absolute atomic E-state index is 0.0345. The molecule has 3 aromatic rings. The highest BCUT2D eigenvalue weighted by atomic mass is 19.4. The van der Waals surface area contributed by atoms with E-state index in [4.69, 9.17) is 0 Å². The summed E-state index contributed by atoms with van der Waals surface area (Å²) in [5, 5.41) is 6.28. The van der Waals surface area contributed by atoms with Gasteiger partial charge in [0.15, 0.2) is 0 Å². The molecule has 0 fully saturated rings. The fourth-order valence-corrected chi connectivity index (χ4v) is 2.44. The number of carbonyl (C=O) groups is 1. The Morgan fingerprint density at radius 1 is 0.862 bits per heavy atom. The van der Waals surface area contributed by atoms with E-state index in [-0.39, 0.29) is 23.7 Å². The van der Waals surface area contributed by atoms with Crippen molar-refractivity contribution in [2.75, 3.05) is 4.90 Å². The second-order valence-corrected chi connectivity index (χ2v) is 5.88. The van der Waals surface area contributed by atoms with Crippen LogP contribution in [0.15, 0.2) is 52.9 Å². The number of rotatable bonds is 5. The monoisotopic (exact) mass is 415 g/mol. The number of hydrogen-bond acceptors (Lipinski definition) is 4. The maximum absolute atomic E-state index is 12.6. The van der Waals surface area contributed by atoms with E-state index in [1.165, 1.54) is 41.3 Å². The number of aromatic nitrogens is 2. The fraction of sp³-hybridized carbons (Fsp3) is 0.167. The second kappa shape index (κ2) is 7.57. The summed E-state index contributed by atoms with van der Waals surface area (Å²) >= 11 is 0. The molecule has 29 heavy (non-hydrogen) atoms. The van der Waals surface area contributed by atoms with E-state index in [1.54, 1.807) is 0 Å². The lowest BCUT2D eigenvalue weighted by Crippen LogP contribution is -2.20. The van der Waals surface area contributed by atoms with Crippen LogP contribution >= 0.6 is 0 Å². The van der Waals surface area contributed by atoms with Crippen molar-refractivity contribution in [2.45, 2.75) is 18.9 Å². The van der Waals surface area contributed by atoms with Gasteiger partial charge in [0.1, 0.15) is 0 Å². The topological polar surface area (TPSA) is 59.2 Å². The predicted molar refractivity (Wildman–Crippen MR) is 88.4 cm³/mol. The molecule has 0 unspecified atom stereocenters. The Kier molecular flexibility index (Phi) is 5.31. The van der Waals surface area contributed by atoms with E-state index < -0.39 is 23.8 Å². The lowest BCUT2D eigenvalue weighted by Gasteiger charge is -2.18. The van der Waals surface area contributed by atoms with Crippen LogP contribution in [0.2, 0.25) is 0 Å². The first-order valence-corrected chi connectivity index (χ1v) is 7.97. The molecule has 0 radical (unpaired) electrons.